The summed E-state index contributed by atoms with van der Waals surface area (Å²) in [5, 5.41) is 7.95. The zero-order valence-corrected chi connectivity index (χ0v) is 21.9. The Hall–Kier alpha value is -2.69. The number of likely N-dealkylation sites (N-methyl/N-ethyl adjacent to an activating group) is 1. The van der Waals surface area contributed by atoms with Crippen molar-refractivity contribution in [3.63, 3.8) is 0 Å². The van der Waals surface area contributed by atoms with Crippen LogP contribution in [-0.2, 0) is 0 Å². The fraction of sp³-hybridized carbons (Fsp3) is 0.654. The molecule has 1 amide bonds. The highest BCUT2D eigenvalue weighted by Crippen LogP contribution is 2.32. The number of amides is 1. The van der Waals surface area contributed by atoms with Crippen LogP contribution < -0.4 is 20.3 Å². The van der Waals surface area contributed by atoms with Crippen LogP contribution in [-0.4, -0.2) is 123 Å². The average molecular weight is 497 g/mol. The number of benzene rings is 1. The fourth-order valence-corrected chi connectivity index (χ4v) is 5.36. The molecule has 196 valence electrons. The summed E-state index contributed by atoms with van der Waals surface area (Å²) in [6, 6.07) is 4.21. The summed E-state index contributed by atoms with van der Waals surface area (Å²) in [6.07, 6.45) is 3.22. The molecule has 10 heteroatoms. The number of hydrogen-bond acceptors (Lipinski definition) is 9. The van der Waals surface area contributed by atoms with Gasteiger partial charge in [0.15, 0.2) is 0 Å². The van der Waals surface area contributed by atoms with Gasteiger partial charge in [-0.25, -0.2) is 4.98 Å². The lowest BCUT2D eigenvalue weighted by Crippen LogP contribution is -2.46. The van der Waals surface area contributed by atoms with E-state index in [4.69, 9.17) is 14.7 Å². The van der Waals surface area contributed by atoms with Crippen LogP contribution in [0.4, 0.5) is 11.8 Å². The molecule has 1 aromatic carbocycles. The Morgan fingerprint density at radius 2 is 1.72 bits per heavy atom. The number of methoxy groups -OCH3 is 1. The SMILES string of the molecule is COc1cc2c(NC3CCN(C)CC3)nc(N3CCCN(C)CC3)nc2cc1C(=O)N1CCNCC1. The smallest absolute Gasteiger partial charge is 0.257 e. The molecule has 4 heterocycles. The number of anilines is 2. The highest BCUT2D eigenvalue weighted by atomic mass is 16.5. The number of ether oxygens (including phenoxy) is 1. The lowest BCUT2D eigenvalue weighted by Gasteiger charge is -2.31. The van der Waals surface area contributed by atoms with Gasteiger partial charge in [0.25, 0.3) is 5.91 Å². The Bertz CT molecular complexity index is 1070. The first kappa shape index (κ1) is 25.0. The molecule has 2 N–H and O–H groups in total. The highest BCUT2D eigenvalue weighted by Gasteiger charge is 2.25. The molecule has 0 saturated carbocycles. The number of likely N-dealkylation sites (tertiary alicyclic amines) is 1. The summed E-state index contributed by atoms with van der Waals surface area (Å²) in [6.45, 7) is 9.00. The number of rotatable bonds is 5. The van der Waals surface area contributed by atoms with E-state index in [0.717, 1.165) is 94.3 Å². The minimum absolute atomic E-state index is 0.00311. The van der Waals surface area contributed by atoms with E-state index in [2.05, 4.69) is 39.4 Å². The van der Waals surface area contributed by atoms with Crippen molar-refractivity contribution in [2.45, 2.75) is 25.3 Å². The number of nitrogens with one attached hydrogen (secondary N) is 2. The molecule has 3 fully saturated rings. The molecule has 3 aliphatic rings. The zero-order chi connectivity index (χ0) is 25.1. The molecule has 0 radical (unpaired) electrons. The van der Waals surface area contributed by atoms with Gasteiger partial charge in [-0.3, -0.25) is 4.79 Å². The maximum absolute atomic E-state index is 13.5. The number of piperidine rings is 1. The molecule has 3 aliphatic heterocycles. The molecule has 0 atom stereocenters. The van der Waals surface area contributed by atoms with Crippen molar-refractivity contribution < 1.29 is 9.53 Å². The molecular weight excluding hydrogens is 456 g/mol. The molecule has 36 heavy (non-hydrogen) atoms. The third kappa shape index (κ3) is 5.50. The van der Waals surface area contributed by atoms with E-state index in [1.165, 1.54) is 0 Å². The van der Waals surface area contributed by atoms with Crippen molar-refractivity contribution in [3.05, 3.63) is 17.7 Å². The number of aromatic nitrogens is 2. The Balaban J connectivity index is 1.54. The lowest BCUT2D eigenvalue weighted by molar-refractivity contribution is 0.0732. The van der Waals surface area contributed by atoms with Crippen molar-refractivity contribution in [2.24, 2.45) is 0 Å². The van der Waals surface area contributed by atoms with Gasteiger partial charge in [0, 0.05) is 57.2 Å². The van der Waals surface area contributed by atoms with Crippen LogP contribution in [0.3, 0.4) is 0 Å². The molecular formula is C26H40N8O2. The predicted octanol–water partition coefficient (Wildman–Crippen LogP) is 1.33. The summed E-state index contributed by atoms with van der Waals surface area (Å²) in [4.78, 5) is 32.4. The minimum Gasteiger partial charge on any atom is -0.496 e. The van der Waals surface area contributed by atoms with Crippen LogP contribution >= 0.6 is 0 Å². The first-order chi connectivity index (χ1) is 17.5. The zero-order valence-electron chi connectivity index (χ0n) is 21.9. The molecule has 0 spiro atoms. The van der Waals surface area contributed by atoms with Crippen LogP contribution in [0, 0.1) is 0 Å². The summed E-state index contributed by atoms with van der Waals surface area (Å²) in [7, 11) is 5.97. The van der Waals surface area contributed by atoms with Crippen molar-refractivity contribution >= 4 is 28.6 Å². The molecule has 0 aliphatic carbocycles. The Labute approximate surface area is 214 Å². The quantitative estimate of drug-likeness (QED) is 0.636. The van der Waals surface area contributed by atoms with Crippen LogP contribution in [0.1, 0.15) is 29.6 Å². The number of piperazine rings is 1. The number of nitrogens with zero attached hydrogens (tertiary/aromatic N) is 6. The molecule has 0 unspecified atom stereocenters. The molecule has 3 saturated heterocycles. The van der Waals surface area contributed by atoms with Crippen LogP contribution in [0.25, 0.3) is 10.9 Å². The standard InChI is InChI=1S/C26H40N8O2/c1-31-9-4-10-34(16-15-31)26-29-22-17-21(25(35)33-13-7-27-8-14-33)23(36-3)18-20(22)24(30-26)28-19-5-11-32(2)12-6-19/h17-19,27H,4-16H2,1-3H3,(H,28,29,30). The van der Waals surface area contributed by atoms with Gasteiger partial charge in [-0.05, 0) is 65.1 Å². The summed E-state index contributed by atoms with van der Waals surface area (Å²) >= 11 is 0. The van der Waals surface area contributed by atoms with E-state index >= 15 is 0 Å². The number of hydrogen-bond donors (Lipinski definition) is 2. The minimum atomic E-state index is -0.00311. The van der Waals surface area contributed by atoms with Gasteiger partial charge in [-0.2, -0.15) is 4.98 Å². The predicted molar refractivity (Wildman–Crippen MR) is 143 cm³/mol. The van der Waals surface area contributed by atoms with Gasteiger partial charge in [0.05, 0.1) is 18.2 Å². The Morgan fingerprint density at radius 1 is 0.972 bits per heavy atom. The van der Waals surface area contributed by atoms with E-state index in [0.29, 0.717) is 30.4 Å². The Kier molecular flexibility index (Phi) is 7.73. The van der Waals surface area contributed by atoms with Crippen LogP contribution in [0.2, 0.25) is 0 Å². The first-order valence-electron chi connectivity index (χ1n) is 13.3. The van der Waals surface area contributed by atoms with Gasteiger partial charge < -0.3 is 35.0 Å². The second kappa shape index (κ2) is 11.1. The lowest BCUT2D eigenvalue weighted by atomic mass is 10.0. The van der Waals surface area contributed by atoms with Crippen molar-refractivity contribution in [3.8, 4) is 5.75 Å². The summed E-state index contributed by atoms with van der Waals surface area (Å²) in [5.74, 6) is 2.14. The Morgan fingerprint density at radius 3 is 2.47 bits per heavy atom. The molecule has 10 nitrogen and oxygen atoms in total. The topological polar surface area (TPSA) is 89.1 Å². The number of carbonyl (C=O) groups is 1. The summed E-state index contributed by atoms with van der Waals surface area (Å²) in [5.41, 5.74) is 1.35. The van der Waals surface area contributed by atoms with Gasteiger partial charge in [0.2, 0.25) is 5.95 Å². The van der Waals surface area contributed by atoms with Crippen molar-refractivity contribution in [2.75, 3.05) is 96.9 Å². The average Bonchev–Trinajstić information content (AvgIpc) is 3.13. The van der Waals surface area contributed by atoms with Crippen molar-refractivity contribution in [1.82, 2.24) is 30.0 Å². The van der Waals surface area contributed by atoms with E-state index in [9.17, 15) is 4.79 Å². The second-order valence-electron chi connectivity index (χ2n) is 10.3. The molecule has 1 aromatic heterocycles. The highest BCUT2D eigenvalue weighted by molar-refractivity contribution is 6.03. The van der Waals surface area contributed by atoms with Gasteiger partial charge in [-0.1, -0.05) is 0 Å². The molecule has 5 rings (SSSR count). The van der Waals surface area contributed by atoms with E-state index in [1.54, 1.807) is 7.11 Å². The van der Waals surface area contributed by atoms with Crippen LogP contribution in [0.15, 0.2) is 12.1 Å². The van der Waals surface area contributed by atoms with Crippen LogP contribution in [0.5, 0.6) is 5.75 Å². The largest absolute Gasteiger partial charge is 0.496 e. The molecule has 0 bridgehead atoms. The third-order valence-corrected chi connectivity index (χ3v) is 7.70. The maximum Gasteiger partial charge on any atom is 0.257 e. The maximum atomic E-state index is 13.5. The van der Waals surface area contributed by atoms with Gasteiger partial charge in [-0.15, -0.1) is 0 Å². The van der Waals surface area contributed by atoms with Gasteiger partial charge >= 0.3 is 0 Å². The van der Waals surface area contributed by atoms with E-state index in [-0.39, 0.29) is 5.91 Å². The number of fused-ring (bicyclic) bond motifs is 1. The summed E-state index contributed by atoms with van der Waals surface area (Å²) < 4.78 is 5.73. The van der Waals surface area contributed by atoms with Gasteiger partial charge in [0.1, 0.15) is 11.6 Å². The normalized spacial score (nSPS) is 21.0. The second-order valence-corrected chi connectivity index (χ2v) is 10.3. The molecule has 2 aromatic rings. The van der Waals surface area contributed by atoms with E-state index in [1.807, 2.05) is 17.0 Å². The fourth-order valence-electron chi connectivity index (χ4n) is 5.36. The monoisotopic (exact) mass is 496 g/mol. The number of carbonyl (C=O) groups excluding carboxylic acids is 1. The first-order valence-corrected chi connectivity index (χ1v) is 13.3. The van der Waals surface area contributed by atoms with E-state index < -0.39 is 0 Å². The third-order valence-electron chi connectivity index (χ3n) is 7.70. The van der Waals surface area contributed by atoms with Crippen molar-refractivity contribution in [1.29, 1.82) is 0 Å².